The Morgan fingerprint density at radius 1 is 1.30 bits per heavy atom. The largest absolute Gasteiger partial charge is 0.354 e. The van der Waals surface area contributed by atoms with Gasteiger partial charge in [-0.25, -0.2) is 0 Å². The van der Waals surface area contributed by atoms with Crippen molar-refractivity contribution in [3.8, 4) is 0 Å². The molecule has 1 aromatic heterocycles. The number of aryl methyl sites for hydroxylation is 2. The summed E-state index contributed by atoms with van der Waals surface area (Å²) >= 11 is 2.09. The van der Waals surface area contributed by atoms with Crippen molar-refractivity contribution in [3.63, 3.8) is 0 Å². The van der Waals surface area contributed by atoms with Crippen molar-refractivity contribution >= 4 is 17.6 Å². The van der Waals surface area contributed by atoms with E-state index in [0.717, 1.165) is 31.9 Å². The molecular weight excluding hydrogens is 268 g/mol. The molecule has 2 unspecified atom stereocenters. The van der Waals surface area contributed by atoms with Gasteiger partial charge in [0.25, 0.3) is 0 Å². The first-order chi connectivity index (χ1) is 9.52. The van der Waals surface area contributed by atoms with Crippen LogP contribution in [0.3, 0.4) is 0 Å². The molecule has 2 rings (SSSR count). The van der Waals surface area contributed by atoms with Crippen LogP contribution in [0.2, 0.25) is 0 Å². The maximum Gasteiger partial charge on any atom is 0.131 e. The molecule has 114 valence electrons. The standard InChI is InChI=1S/C15H28N4S/c1-6-7-16-8-14-13(4)17-18(5)15(14)19-9-11(2)20-12(3)10-19/h11-12,16H,6-10H2,1-5H3. The fourth-order valence-corrected chi connectivity index (χ4v) is 4.36. The maximum absolute atomic E-state index is 4.64. The van der Waals surface area contributed by atoms with E-state index in [1.165, 1.54) is 17.8 Å². The third kappa shape index (κ3) is 3.50. The van der Waals surface area contributed by atoms with E-state index in [2.05, 4.69) is 66.5 Å². The van der Waals surface area contributed by atoms with Gasteiger partial charge in [0, 0.05) is 42.7 Å². The number of hydrogen-bond acceptors (Lipinski definition) is 4. The first-order valence-corrected chi connectivity index (χ1v) is 8.60. The lowest BCUT2D eigenvalue weighted by Crippen LogP contribution is -2.42. The van der Waals surface area contributed by atoms with E-state index in [0.29, 0.717) is 10.5 Å². The van der Waals surface area contributed by atoms with Crippen LogP contribution in [0, 0.1) is 6.92 Å². The van der Waals surface area contributed by atoms with E-state index >= 15 is 0 Å². The Kier molecular flexibility index (Phi) is 5.38. The Morgan fingerprint density at radius 2 is 1.95 bits per heavy atom. The van der Waals surface area contributed by atoms with Crippen molar-refractivity contribution in [2.24, 2.45) is 7.05 Å². The first-order valence-electron chi connectivity index (χ1n) is 7.66. The summed E-state index contributed by atoms with van der Waals surface area (Å²) in [6.45, 7) is 13.2. The van der Waals surface area contributed by atoms with Crippen LogP contribution < -0.4 is 10.2 Å². The zero-order valence-electron chi connectivity index (χ0n) is 13.4. The van der Waals surface area contributed by atoms with Gasteiger partial charge in [0.05, 0.1) is 5.69 Å². The highest BCUT2D eigenvalue weighted by atomic mass is 32.2. The van der Waals surface area contributed by atoms with E-state index in [9.17, 15) is 0 Å². The highest BCUT2D eigenvalue weighted by Gasteiger charge is 2.27. The summed E-state index contributed by atoms with van der Waals surface area (Å²) in [7, 11) is 2.07. The van der Waals surface area contributed by atoms with E-state index in [4.69, 9.17) is 0 Å². The van der Waals surface area contributed by atoms with Crippen LogP contribution >= 0.6 is 11.8 Å². The number of hydrogen-bond donors (Lipinski definition) is 1. The predicted octanol–water partition coefficient (Wildman–Crippen LogP) is 2.56. The van der Waals surface area contributed by atoms with Crippen LogP contribution in [0.25, 0.3) is 0 Å². The van der Waals surface area contributed by atoms with E-state index < -0.39 is 0 Å². The number of anilines is 1. The summed E-state index contributed by atoms with van der Waals surface area (Å²) in [6, 6.07) is 0. The molecule has 0 radical (unpaired) electrons. The zero-order chi connectivity index (χ0) is 14.7. The van der Waals surface area contributed by atoms with Crippen molar-refractivity contribution in [1.82, 2.24) is 15.1 Å². The second-order valence-electron chi connectivity index (χ2n) is 5.85. The van der Waals surface area contributed by atoms with Crippen molar-refractivity contribution in [2.75, 3.05) is 24.5 Å². The molecule has 20 heavy (non-hydrogen) atoms. The number of nitrogens with zero attached hydrogens (tertiary/aromatic N) is 3. The highest BCUT2D eigenvalue weighted by molar-refractivity contribution is 8.00. The molecule has 2 heterocycles. The summed E-state index contributed by atoms with van der Waals surface area (Å²) in [5.74, 6) is 1.31. The van der Waals surface area contributed by atoms with Gasteiger partial charge < -0.3 is 10.2 Å². The normalized spacial score (nSPS) is 23.4. The maximum atomic E-state index is 4.64. The van der Waals surface area contributed by atoms with E-state index in [1.54, 1.807) is 0 Å². The molecule has 1 saturated heterocycles. The van der Waals surface area contributed by atoms with Crippen molar-refractivity contribution < 1.29 is 0 Å². The minimum atomic E-state index is 0.686. The lowest BCUT2D eigenvalue weighted by Gasteiger charge is -2.36. The molecule has 0 aromatic carbocycles. The summed E-state index contributed by atoms with van der Waals surface area (Å²) in [5, 5.41) is 9.54. The second-order valence-corrected chi connectivity index (χ2v) is 7.73. The minimum Gasteiger partial charge on any atom is -0.354 e. The molecule has 0 saturated carbocycles. The second kappa shape index (κ2) is 6.85. The van der Waals surface area contributed by atoms with Gasteiger partial charge in [0.15, 0.2) is 0 Å². The molecule has 0 aliphatic carbocycles. The van der Waals surface area contributed by atoms with Gasteiger partial charge in [0.1, 0.15) is 5.82 Å². The van der Waals surface area contributed by atoms with Gasteiger partial charge in [0.2, 0.25) is 0 Å². The molecule has 0 amide bonds. The molecule has 1 aromatic rings. The SMILES string of the molecule is CCCNCc1c(C)nn(C)c1N1CC(C)SC(C)C1. The van der Waals surface area contributed by atoms with Crippen molar-refractivity contribution in [1.29, 1.82) is 0 Å². The highest BCUT2D eigenvalue weighted by Crippen LogP contribution is 2.31. The van der Waals surface area contributed by atoms with E-state index in [-0.39, 0.29) is 0 Å². The topological polar surface area (TPSA) is 33.1 Å². The van der Waals surface area contributed by atoms with Gasteiger partial charge >= 0.3 is 0 Å². The van der Waals surface area contributed by atoms with Gasteiger partial charge in [-0.05, 0) is 19.9 Å². The molecule has 5 heteroatoms. The van der Waals surface area contributed by atoms with Crippen LogP contribution in [0.5, 0.6) is 0 Å². The molecule has 1 aliphatic heterocycles. The van der Waals surface area contributed by atoms with Crippen LogP contribution in [-0.4, -0.2) is 39.9 Å². The average molecular weight is 296 g/mol. The Morgan fingerprint density at radius 3 is 2.55 bits per heavy atom. The number of nitrogens with one attached hydrogen (secondary N) is 1. The molecule has 0 bridgehead atoms. The summed E-state index contributed by atoms with van der Waals surface area (Å²) in [4.78, 5) is 2.52. The summed E-state index contributed by atoms with van der Waals surface area (Å²) < 4.78 is 2.06. The van der Waals surface area contributed by atoms with Gasteiger partial charge in [-0.15, -0.1) is 0 Å². The van der Waals surface area contributed by atoms with Gasteiger partial charge in [-0.1, -0.05) is 20.8 Å². The van der Waals surface area contributed by atoms with Crippen LogP contribution in [0.1, 0.15) is 38.4 Å². The molecule has 1 aliphatic rings. The summed E-state index contributed by atoms with van der Waals surface area (Å²) in [6.07, 6.45) is 1.17. The minimum absolute atomic E-state index is 0.686. The molecule has 1 fully saturated rings. The van der Waals surface area contributed by atoms with Gasteiger partial charge in [-0.3, -0.25) is 4.68 Å². The first kappa shape index (κ1) is 15.7. The monoisotopic (exact) mass is 296 g/mol. The lowest BCUT2D eigenvalue weighted by molar-refractivity contribution is 0.651. The number of thioether (sulfide) groups is 1. The predicted molar refractivity (Wildman–Crippen MR) is 88.7 cm³/mol. The zero-order valence-corrected chi connectivity index (χ0v) is 14.3. The van der Waals surface area contributed by atoms with Gasteiger partial charge in [-0.2, -0.15) is 16.9 Å². The van der Waals surface area contributed by atoms with Crippen LogP contribution in [0.15, 0.2) is 0 Å². The summed E-state index contributed by atoms with van der Waals surface area (Å²) in [5.41, 5.74) is 2.52. The molecule has 0 spiro atoms. The van der Waals surface area contributed by atoms with Crippen LogP contribution in [-0.2, 0) is 13.6 Å². The smallest absolute Gasteiger partial charge is 0.131 e. The number of aromatic nitrogens is 2. The molecular formula is C15H28N4S. The van der Waals surface area contributed by atoms with Crippen molar-refractivity contribution in [2.45, 2.75) is 51.2 Å². The average Bonchev–Trinajstić information content (AvgIpc) is 2.63. The Balaban J connectivity index is 2.20. The lowest BCUT2D eigenvalue weighted by atomic mass is 10.2. The Hall–Kier alpha value is -0.680. The fourth-order valence-electron chi connectivity index (χ4n) is 3.03. The number of rotatable bonds is 5. The van der Waals surface area contributed by atoms with Crippen molar-refractivity contribution in [3.05, 3.63) is 11.3 Å². The Bertz CT molecular complexity index is 433. The third-order valence-electron chi connectivity index (χ3n) is 3.76. The molecule has 4 nitrogen and oxygen atoms in total. The Labute approximate surface area is 127 Å². The molecule has 1 N–H and O–H groups in total. The van der Waals surface area contributed by atoms with E-state index in [1.807, 2.05) is 0 Å². The molecule has 2 atom stereocenters. The van der Waals surface area contributed by atoms with Crippen LogP contribution in [0.4, 0.5) is 5.82 Å². The quantitative estimate of drug-likeness (QED) is 0.847. The fraction of sp³-hybridized carbons (Fsp3) is 0.800. The third-order valence-corrected chi connectivity index (χ3v) is 4.99.